The van der Waals surface area contributed by atoms with Crippen molar-refractivity contribution in [3.05, 3.63) is 137 Å². The van der Waals surface area contributed by atoms with Crippen LogP contribution in [0.2, 0.25) is 0 Å². The fourth-order valence-corrected chi connectivity index (χ4v) is 7.01. The Balaban J connectivity index is 0.000000729. The van der Waals surface area contributed by atoms with Crippen LogP contribution >= 0.6 is 0 Å². The van der Waals surface area contributed by atoms with E-state index in [4.69, 9.17) is 18.9 Å². The Morgan fingerprint density at radius 1 is 0.473 bits per heavy atom. The summed E-state index contributed by atoms with van der Waals surface area (Å²) in [4.78, 5) is 44.6. The van der Waals surface area contributed by atoms with E-state index in [1.165, 1.54) is 19.3 Å². The molecule has 0 bridgehead atoms. The van der Waals surface area contributed by atoms with Crippen molar-refractivity contribution in [2.45, 2.75) is 109 Å². The number of rotatable bonds is 15. The van der Waals surface area contributed by atoms with Crippen molar-refractivity contribution in [3.63, 3.8) is 0 Å². The van der Waals surface area contributed by atoms with Crippen LogP contribution in [0.5, 0.6) is 0 Å². The highest BCUT2D eigenvalue weighted by molar-refractivity contribution is 6.97. The average Bonchev–Trinajstić information content (AvgIpc) is 3.20. The van der Waals surface area contributed by atoms with E-state index >= 15 is 0 Å². The smallest absolute Gasteiger partial charge is 0.333 e. The molecule has 9 heteroatoms. The summed E-state index contributed by atoms with van der Waals surface area (Å²) in [5.41, 5.74) is 8.37. The lowest BCUT2D eigenvalue weighted by Gasteiger charge is -2.31. The first kappa shape index (κ1) is 50.2. The number of carbonyl (C=O) groups is 4. The Morgan fingerprint density at radius 3 is 1.04 bits per heavy atom. The van der Waals surface area contributed by atoms with Gasteiger partial charge in [-0.05, 0) is 102 Å². The largest absolute Gasteiger partial charge is 0.459 e. The predicted molar refractivity (Wildman–Crippen MR) is 228 cm³/mol. The molecule has 302 valence electrons. The van der Waals surface area contributed by atoms with Crippen LogP contribution in [0, 0.1) is 17.8 Å². The summed E-state index contributed by atoms with van der Waals surface area (Å²) in [6, 6.07) is 0. The standard InChI is InChI=1S/C14H20O4.C12H16O4.C12H18.C8H12Si/c1-9(2)13(15)17-11-5-7-12(8-6-11)18-14(16)10(3)4;1-3-11(13)15-9-5-7-10(8-6-9)16-12(14)4-2;1-4-10-7-8-11(5-2)12(6-3)9-10;1-5-9(6-2,7-3)8-4/h11-12H,1,3,5-8H2,2,4H3;3-4,9-10H,1-2,5-8H2;4-6,10-12H,1-3,7-9H2;5-8H,1-4H2. The zero-order valence-electron chi connectivity index (χ0n) is 33.6. The van der Waals surface area contributed by atoms with E-state index in [0.29, 0.717) is 80.3 Å². The molecule has 0 heterocycles. The van der Waals surface area contributed by atoms with Gasteiger partial charge in [0.2, 0.25) is 0 Å². The average molecular weight is 775 g/mol. The van der Waals surface area contributed by atoms with Gasteiger partial charge in [-0.3, -0.25) is 0 Å². The first-order valence-corrected chi connectivity index (χ1v) is 21.2. The van der Waals surface area contributed by atoms with Crippen molar-refractivity contribution < 1.29 is 38.1 Å². The van der Waals surface area contributed by atoms with Gasteiger partial charge in [-0.2, -0.15) is 0 Å². The van der Waals surface area contributed by atoms with Crippen molar-refractivity contribution in [1.29, 1.82) is 0 Å². The zero-order chi connectivity index (χ0) is 42.0. The normalized spacial score (nSPS) is 23.9. The number of hydrogen-bond donors (Lipinski definition) is 0. The third-order valence-electron chi connectivity index (χ3n) is 9.73. The molecule has 3 saturated carbocycles. The molecule has 3 aliphatic rings. The maximum absolute atomic E-state index is 11.3. The number of hydrogen-bond acceptors (Lipinski definition) is 8. The van der Waals surface area contributed by atoms with E-state index in [0.717, 1.165) is 12.2 Å². The van der Waals surface area contributed by atoms with Crippen LogP contribution in [-0.2, 0) is 38.1 Å². The van der Waals surface area contributed by atoms with E-state index in [1.54, 1.807) is 13.8 Å². The fraction of sp³-hybridized carbons (Fsp3) is 0.435. The van der Waals surface area contributed by atoms with Crippen LogP contribution in [0.3, 0.4) is 0 Å². The highest BCUT2D eigenvalue weighted by Crippen LogP contribution is 2.35. The lowest BCUT2D eigenvalue weighted by molar-refractivity contribution is -0.153. The van der Waals surface area contributed by atoms with Crippen molar-refractivity contribution in [2.24, 2.45) is 17.8 Å². The molecule has 3 unspecified atom stereocenters. The van der Waals surface area contributed by atoms with Gasteiger partial charge >= 0.3 is 23.9 Å². The van der Waals surface area contributed by atoms with Crippen LogP contribution in [-0.4, -0.2) is 56.4 Å². The Labute approximate surface area is 332 Å². The SMILES string of the molecule is C=C(C)C(=O)OC1CCC(OC(=O)C(=C)C)CC1.C=CC(=O)OC1CCC(OC(=O)C=C)CC1.C=CC1CCC(C=C)C(C=C)C1.C=C[Si](C=C)(C=C)C=C. The molecule has 0 saturated heterocycles. The topological polar surface area (TPSA) is 105 Å². The van der Waals surface area contributed by atoms with Gasteiger partial charge in [0.05, 0.1) is 0 Å². The van der Waals surface area contributed by atoms with E-state index in [-0.39, 0.29) is 36.4 Å². The lowest BCUT2D eigenvalue weighted by Crippen LogP contribution is -2.30. The molecule has 0 radical (unpaired) electrons. The van der Waals surface area contributed by atoms with Crippen molar-refractivity contribution in [1.82, 2.24) is 0 Å². The second-order valence-corrected chi connectivity index (χ2v) is 17.5. The van der Waals surface area contributed by atoms with Gasteiger partial charge in [-0.25, -0.2) is 19.2 Å². The highest BCUT2D eigenvalue weighted by atomic mass is 28.3. The van der Waals surface area contributed by atoms with Gasteiger partial charge in [0.15, 0.2) is 0 Å². The second-order valence-electron chi connectivity index (χ2n) is 13.9. The minimum absolute atomic E-state index is 0.0795. The Kier molecular flexibility index (Phi) is 25.4. The summed E-state index contributed by atoms with van der Waals surface area (Å²) < 4.78 is 20.7. The molecule has 3 aliphatic carbocycles. The van der Waals surface area contributed by atoms with Crippen LogP contribution < -0.4 is 0 Å². The third-order valence-corrected chi connectivity index (χ3v) is 12.6. The second kappa shape index (κ2) is 27.8. The van der Waals surface area contributed by atoms with Gasteiger partial charge in [0.25, 0.3) is 0 Å². The van der Waals surface area contributed by atoms with Gasteiger partial charge < -0.3 is 18.9 Å². The van der Waals surface area contributed by atoms with Crippen LogP contribution in [0.1, 0.15) is 84.5 Å². The van der Waals surface area contributed by atoms with Gasteiger partial charge in [-0.15, -0.1) is 46.1 Å². The van der Waals surface area contributed by atoms with Crippen LogP contribution in [0.4, 0.5) is 0 Å². The fourth-order valence-electron chi connectivity index (χ4n) is 6.01. The molecule has 0 spiro atoms. The van der Waals surface area contributed by atoms with Gasteiger partial charge in [-0.1, -0.05) is 67.3 Å². The van der Waals surface area contributed by atoms with E-state index in [2.05, 4.69) is 90.6 Å². The van der Waals surface area contributed by atoms with Gasteiger partial charge in [0.1, 0.15) is 32.5 Å². The molecular formula is C46H66O8Si. The quantitative estimate of drug-likeness (QED) is 0.0533. The minimum atomic E-state index is -1.64. The monoisotopic (exact) mass is 774 g/mol. The van der Waals surface area contributed by atoms with E-state index in [9.17, 15) is 19.2 Å². The number of allylic oxidation sites excluding steroid dienone is 3. The molecule has 3 atom stereocenters. The zero-order valence-corrected chi connectivity index (χ0v) is 34.6. The Morgan fingerprint density at radius 2 is 0.800 bits per heavy atom. The molecule has 3 fully saturated rings. The molecule has 55 heavy (non-hydrogen) atoms. The number of carbonyl (C=O) groups excluding carboxylic acids is 4. The molecule has 0 N–H and O–H groups in total. The summed E-state index contributed by atoms with van der Waals surface area (Å²) >= 11 is 0. The molecule has 0 aromatic heterocycles. The Hall–Kier alpha value is -4.76. The van der Waals surface area contributed by atoms with E-state index < -0.39 is 20.0 Å². The molecule has 0 amide bonds. The third kappa shape index (κ3) is 19.9. The Bertz CT molecular complexity index is 1290. The summed E-state index contributed by atoms with van der Waals surface area (Å²) in [6.45, 7) is 43.4. The molecule has 0 aliphatic heterocycles. The summed E-state index contributed by atoms with van der Waals surface area (Å²) in [7, 11) is -1.64. The van der Waals surface area contributed by atoms with E-state index in [1.807, 2.05) is 22.8 Å². The first-order valence-electron chi connectivity index (χ1n) is 18.9. The molecule has 0 aromatic rings. The molecule has 0 aromatic carbocycles. The lowest BCUT2D eigenvalue weighted by atomic mass is 9.74. The van der Waals surface area contributed by atoms with Crippen molar-refractivity contribution in [3.8, 4) is 0 Å². The summed E-state index contributed by atoms with van der Waals surface area (Å²) in [5.74, 6) is 0.481. The van der Waals surface area contributed by atoms with Crippen LogP contribution in [0.25, 0.3) is 0 Å². The summed E-state index contributed by atoms with van der Waals surface area (Å²) in [6.07, 6.45) is 17.7. The molecular weight excluding hydrogens is 709 g/mol. The number of esters is 4. The number of ether oxygens (including phenoxy) is 4. The van der Waals surface area contributed by atoms with Crippen molar-refractivity contribution in [2.75, 3.05) is 0 Å². The minimum Gasteiger partial charge on any atom is -0.459 e. The summed E-state index contributed by atoms with van der Waals surface area (Å²) in [5, 5.41) is 0. The predicted octanol–water partition coefficient (Wildman–Crippen LogP) is 10.2. The molecule has 8 nitrogen and oxygen atoms in total. The highest BCUT2D eigenvalue weighted by Gasteiger charge is 2.27. The first-order chi connectivity index (χ1) is 26.1. The molecule has 3 rings (SSSR count). The van der Waals surface area contributed by atoms with Crippen LogP contribution in [0.15, 0.2) is 137 Å². The van der Waals surface area contributed by atoms with Crippen molar-refractivity contribution >= 4 is 32.0 Å². The maximum Gasteiger partial charge on any atom is 0.333 e. The van der Waals surface area contributed by atoms with Gasteiger partial charge in [0, 0.05) is 23.3 Å². The maximum atomic E-state index is 11.3.